The van der Waals surface area contributed by atoms with E-state index in [4.69, 9.17) is 17.3 Å². The second kappa shape index (κ2) is 4.64. The Morgan fingerprint density at radius 3 is 2.75 bits per heavy atom. The van der Waals surface area contributed by atoms with Gasteiger partial charge in [0.25, 0.3) is 0 Å². The maximum Gasteiger partial charge on any atom is 0.0570 e. The third-order valence-corrected chi connectivity index (χ3v) is 3.10. The molecule has 0 aliphatic heterocycles. The van der Waals surface area contributed by atoms with Gasteiger partial charge in [-0.05, 0) is 35.7 Å². The van der Waals surface area contributed by atoms with Crippen molar-refractivity contribution >= 4 is 11.6 Å². The summed E-state index contributed by atoms with van der Waals surface area (Å²) < 4.78 is 0. The van der Waals surface area contributed by atoms with E-state index in [-0.39, 0.29) is 6.04 Å². The third kappa shape index (κ3) is 2.08. The highest BCUT2D eigenvalue weighted by Gasteiger charge is 2.12. The fourth-order valence-electron chi connectivity index (χ4n) is 1.70. The molecule has 3 heteroatoms. The average Bonchev–Trinajstić information content (AvgIpc) is 2.33. The van der Waals surface area contributed by atoms with E-state index in [1.54, 1.807) is 12.4 Å². The number of nitrogens with two attached hydrogens (primary N) is 1. The number of hydrogen-bond donors (Lipinski definition) is 1. The van der Waals surface area contributed by atoms with Gasteiger partial charge in [0.05, 0.1) is 6.04 Å². The second-order valence-corrected chi connectivity index (χ2v) is 4.13. The van der Waals surface area contributed by atoms with Crippen LogP contribution in [0.1, 0.15) is 22.7 Å². The minimum absolute atomic E-state index is 0.174. The highest BCUT2D eigenvalue weighted by atomic mass is 35.5. The SMILES string of the molecule is Cc1c(Cl)cccc1C(N)c1cccnc1. The predicted octanol–water partition coefficient (Wildman–Crippen LogP) is 3.09. The molecule has 82 valence electrons. The summed E-state index contributed by atoms with van der Waals surface area (Å²) in [6.45, 7) is 1.98. The van der Waals surface area contributed by atoms with Crippen LogP contribution in [0.15, 0.2) is 42.7 Å². The Bertz CT molecular complexity index is 483. The first-order valence-electron chi connectivity index (χ1n) is 5.10. The van der Waals surface area contributed by atoms with Crippen LogP contribution in [0.5, 0.6) is 0 Å². The number of pyridine rings is 1. The zero-order valence-corrected chi connectivity index (χ0v) is 9.78. The van der Waals surface area contributed by atoms with Crippen LogP contribution in [-0.2, 0) is 0 Å². The van der Waals surface area contributed by atoms with Gasteiger partial charge in [0.1, 0.15) is 0 Å². The maximum atomic E-state index is 6.19. The molecule has 0 spiro atoms. The largest absolute Gasteiger partial charge is 0.320 e. The Labute approximate surface area is 100 Å². The van der Waals surface area contributed by atoms with Gasteiger partial charge in [-0.15, -0.1) is 0 Å². The van der Waals surface area contributed by atoms with E-state index in [9.17, 15) is 0 Å². The average molecular weight is 233 g/mol. The first-order valence-corrected chi connectivity index (χ1v) is 5.48. The molecular weight excluding hydrogens is 220 g/mol. The molecule has 0 fully saturated rings. The van der Waals surface area contributed by atoms with Crippen LogP contribution in [0, 0.1) is 6.92 Å². The van der Waals surface area contributed by atoms with Crippen LogP contribution in [0.4, 0.5) is 0 Å². The summed E-state index contributed by atoms with van der Waals surface area (Å²) in [5.41, 5.74) is 9.25. The lowest BCUT2D eigenvalue weighted by atomic mass is 9.97. The fourth-order valence-corrected chi connectivity index (χ4v) is 1.88. The van der Waals surface area contributed by atoms with Gasteiger partial charge in [0.2, 0.25) is 0 Å². The number of nitrogens with zero attached hydrogens (tertiary/aromatic N) is 1. The Morgan fingerprint density at radius 2 is 2.06 bits per heavy atom. The Balaban J connectivity index is 2.42. The summed E-state index contributed by atoms with van der Waals surface area (Å²) in [5.74, 6) is 0. The molecule has 0 radical (unpaired) electrons. The second-order valence-electron chi connectivity index (χ2n) is 3.72. The Morgan fingerprint density at radius 1 is 1.25 bits per heavy atom. The third-order valence-electron chi connectivity index (χ3n) is 2.69. The lowest BCUT2D eigenvalue weighted by molar-refractivity contribution is 0.854. The molecular formula is C13H13ClN2. The molecule has 0 aliphatic carbocycles. The summed E-state index contributed by atoms with van der Waals surface area (Å²) in [7, 11) is 0. The molecule has 2 nitrogen and oxygen atoms in total. The fraction of sp³-hybridized carbons (Fsp3) is 0.154. The first kappa shape index (κ1) is 11.1. The molecule has 2 rings (SSSR count). The van der Waals surface area contributed by atoms with Crippen LogP contribution in [0.25, 0.3) is 0 Å². The lowest BCUT2D eigenvalue weighted by Gasteiger charge is -2.15. The number of benzene rings is 1. The van der Waals surface area contributed by atoms with Crippen molar-refractivity contribution in [3.8, 4) is 0 Å². The zero-order chi connectivity index (χ0) is 11.5. The highest BCUT2D eigenvalue weighted by molar-refractivity contribution is 6.31. The summed E-state index contributed by atoms with van der Waals surface area (Å²) in [6, 6.07) is 9.47. The van der Waals surface area contributed by atoms with E-state index in [0.717, 1.165) is 21.7 Å². The van der Waals surface area contributed by atoms with E-state index in [1.165, 1.54) is 0 Å². The van der Waals surface area contributed by atoms with Gasteiger partial charge in [-0.1, -0.05) is 29.8 Å². The topological polar surface area (TPSA) is 38.9 Å². The minimum Gasteiger partial charge on any atom is -0.320 e. The van der Waals surface area contributed by atoms with Crippen LogP contribution in [-0.4, -0.2) is 4.98 Å². The Hall–Kier alpha value is -1.38. The van der Waals surface area contributed by atoms with Crippen molar-refractivity contribution in [3.05, 3.63) is 64.4 Å². The lowest BCUT2D eigenvalue weighted by Crippen LogP contribution is -2.13. The van der Waals surface area contributed by atoms with Crippen LogP contribution in [0.3, 0.4) is 0 Å². The van der Waals surface area contributed by atoms with Crippen LogP contribution in [0.2, 0.25) is 5.02 Å². The molecule has 0 saturated carbocycles. The summed E-state index contributed by atoms with van der Waals surface area (Å²) >= 11 is 6.07. The monoisotopic (exact) mass is 232 g/mol. The molecule has 1 aromatic carbocycles. The minimum atomic E-state index is -0.174. The smallest absolute Gasteiger partial charge is 0.0570 e. The van der Waals surface area contributed by atoms with Crippen molar-refractivity contribution in [2.75, 3.05) is 0 Å². The van der Waals surface area contributed by atoms with Crippen molar-refractivity contribution < 1.29 is 0 Å². The molecule has 0 saturated heterocycles. The van der Waals surface area contributed by atoms with E-state index in [2.05, 4.69) is 4.98 Å². The van der Waals surface area contributed by atoms with E-state index in [0.29, 0.717) is 0 Å². The van der Waals surface area contributed by atoms with Crippen molar-refractivity contribution in [2.45, 2.75) is 13.0 Å². The molecule has 16 heavy (non-hydrogen) atoms. The van der Waals surface area contributed by atoms with Gasteiger partial charge in [0.15, 0.2) is 0 Å². The van der Waals surface area contributed by atoms with E-state index in [1.807, 2.05) is 37.3 Å². The standard InChI is InChI=1S/C13H13ClN2/c1-9-11(5-2-6-12(9)14)13(15)10-4-3-7-16-8-10/h2-8,13H,15H2,1H3. The van der Waals surface area contributed by atoms with Crippen molar-refractivity contribution in [1.82, 2.24) is 4.98 Å². The van der Waals surface area contributed by atoms with Crippen LogP contribution < -0.4 is 5.73 Å². The highest BCUT2D eigenvalue weighted by Crippen LogP contribution is 2.26. The van der Waals surface area contributed by atoms with Crippen molar-refractivity contribution in [3.63, 3.8) is 0 Å². The molecule has 2 N–H and O–H groups in total. The number of halogens is 1. The van der Waals surface area contributed by atoms with E-state index < -0.39 is 0 Å². The molecule has 2 aromatic rings. The molecule has 1 atom stereocenters. The van der Waals surface area contributed by atoms with E-state index >= 15 is 0 Å². The van der Waals surface area contributed by atoms with Gasteiger partial charge < -0.3 is 5.73 Å². The van der Waals surface area contributed by atoms with Crippen molar-refractivity contribution in [1.29, 1.82) is 0 Å². The number of hydrogen-bond acceptors (Lipinski definition) is 2. The quantitative estimate of drug-likeness (QED) is 0.864. The predicted molar refractivity (Wildman–Crippen MR) is 66.5 cm³/mol. The Kier molecular flexibility index (Phi) is 3.22. The summed E-state index contributed by atoms with van der Waals surface area (Å²) in [4.78, 5) is 4.07. The molecule has 1 aromatic heterocycles. The van der Waals surface area contributed by atoms with Crippen molar-refractivity contribution in [2.24, 2.45) is 5.73 Å². The van der Waals surface area contributed by atoms with Gasteiger partial charge in [-0.25, -0.2) is 0 Å². The molecule has 0 bridgehead atoms. The molecule has 1 unspecified atom stereocenters. The molecule has 0 amide bonds. The molecule has 1 heterocycles. The maximum absolute atomic E-state index is 6.19. The first-order chi connectivity index (χ1) is 7.70. The normalized spacial score (nSPS) is 12.4. The number of rotatable bonds is 2. The van der Waals surface area contributed by atoms with Crippen LogP contribution >= 0.6 is 11.6 Å². The van der Waals surface area contributed by atoms with Gasteiger partial charge in [-0.3, -0.25) is 4.98 Å². The number of aromatic nitrogens is 1. The zero-order valence-electron chi connectivity index (χ0n) is 9.02. The summed E-state index contributed by atoms with van der Waals surface area (Å²) in [6.07, 6.45) is 3.52. The summed E-state index contributed by atoms with van der Waals surface area (Å²) in [5, 5.41) is 0.747. The van der Waals surface area contributed by atoms with Gasteiger partial charge in [0, 0.05) is 17.4 Å². The van der Waals surface area contributed by atoms with Gasteiger partial charge >= 0.3 is 0 Å². The molecule has 0 aliphatic rings. The van der Waals surface area contributed by atoms with Gasteiger partial charge in [-0.2, -0.15) is 0 Å².